The average Bonchev–Trinajstić information content (AvgIpc) is 3.13. The monoisotopic (exact) mass is 459 g/mol. The third kappa shape index (κ3) is 6.18. The van der Waals surface area contributed by atoms with Crippen LogP contribution in [0.2, 0.25) is 0 Å². The summed E-state index contributed by atoms with van der Waals surface area (Å²) in [6.07, 6.45) is 9.82. The minimum absolute atomic E-state index is 0.0626. The molecule has 174 valence electrons. The van der Waals surface area contributed by atoms with Gasteiger partial charge in [-0.2, -0.15) is 0 Å². The number of unbranched alkanes of at least 4 members (excludes halogenated alkanes) is 1. The van der Waals surface area contributed by atoms with Crippen molar-refractivity contribution in [3.05, 3.63) is 47.1 Å². The predicted octanol–water partition coefficient (Wildman–Crippen LogP) is 6.80. The van der Waals surface area contributed by atoms with Gasteiger partial charge in [-0.1, -0.05) is 39.3 Å². The number of carboxylic acids is 1. The van der Waals surface area contributed by atoms with Gasteiger partial charge in [-0.05, 0) is 67.6 Å². The van der Waals surface area contributed by atoms with Gasteiger partial charge in [0.1, 0.15) is 5.82 Å². The lowest BCUT2D eigenvalue weighted by atomic mass is 9.63. The summed E-state index contributed by atoms with van der Waals surface area (Å²) in [5, 5.41) is 14.6. The van der Waals surface area contributed by atoms with Crippen molar-refractivity contribution in [1.29, 1.82) is 0 Å². The van der Waals surface area contributed by atoms with Crippen molar-refractivity contribution in [1.82, 2.24) is 5.32 Å². The number of fused-ring (bicyclic) bond motifs is 1. The van der Waals surface area contributed by atoms with Crippen LogP contribution in [0.15, 0.2) is 35.7 Å². The Bertz CT molecular complexity index is 975. The standard InChI is InChI=1S/C26H34FNO3S/c1-26(2,3)21-10-8-11-22(18(21)9-6-4-5-7-12-24(29)30)28-25(31)20-16-32-23-14-13-17(27)15-19(20)23/h4,6,13-16,18,21-22H,5,7-12H2,1-3H3,(H,28,31)(H,29,30)/t18-,21-,22?/m1/s1. The fourth-order valence-corrected chi connectivity index (χ4v) is 5.94. The molecule has 1 saturated carbocycles. The third-order valence-corrected chi connectivity index (χ3v) is 7.57. The topological polar surface area (TPSA) is 66.4 Å². The highest BCUT2D eigenvalue weighted by Gasteiger charge is 2.39. The van der Waals surface area contributed by atoms with Crippen LogP contribution < -0.4 is 5.32 Å². The van der Waals surface area contributed by atoms with Crippen molar-refractivity contribution in [2.45, 2.75) is 71.8 Å². The van der Waals surface area contributed by atoms with E-state index >= 15 is 0 Å². The molecule has 0 saturated heterocycles. The number of rotatable bonds is 8. The first-order chi connectivity index (χ1) is 15.2. The molecule has 2 aromatic rings. The van der Waals surface area contributed by atoms with Crippen LogP contribution in [0.1, 0.15) is 76.1 Å². The Morgan fingerprint density at radius 1 is 1.25 bits per heavy atom. The van der Waals surface area contributed by atoms with Crippen LogP contribution in [0.3, 0.4) is 0 Å². The second-order valence-corrected chi connectivity index (χ2v) is 10.8. The SMILES string of the molecule is CC(C)(C)[C@@H]1CCCC(NC(=O)c2csc3ccc(F)cc23)[C@@H]1CC=CCCCC(=O)O. The van der Waals surface area contributed by atoms with E-state index in [1.807, 2.05) is 5.38 Å². The van der Waals surface area contributed by atoms with Crippen LogP contribution in [0.5, 0.6) is 0 Å². The van der Waals surface area contributed by atoms with E-state index in [-0.39, 0.29) is 29.6 Å². The molecule has 0 bridgehead atoms. The molecule has 1 aromatic heterocycles. The van der Waals surface area contributed by atoms with E-state index in [0.717, 1.165) is 36.8 Å². The number of amides is 1. The van der Waals surface area contributed by atoms with Crippen molar-refractivity contribution in [2.75, 3.05) is 0 Å². The van der Waals surface area contributed by atoms with E-state index in [1.54, 1.807) is 6.07 Å². The molecule has 1 aliphatic rings. The van der Waals surface area contributed by atoms with Crippen LogP contribution in [-0.2, 0) is 4.79 Å². The molecule has 1 aliphatic carbocycles. The quantitative estimate of drug-likeness (QED) is 0.337. The molecular weight excluding hydrogens is 425 g/mol. The number of benzene rings is 1. The predicted molar refractivity (Wildman–Crippen MR) is 129 cm³/mol. The summed E-state index contributed by atoms with van der Waals surface area (Å²) in [6, 6.07) is 4.65. The van der Waals surface area contributed by atoms with Gasteiger partial charge in [0.25, 0.3) is 5.91 Å². The molecule has 1 heterocycles. The lowest BCUT2D eigenvalue weighted by Crippen LogP contribution is -2.48. The average molecular weight is 460 g/mol. The second-order valence-electron chi connectivity index (χ2n) is 9.93. The lowest BCUT2D eigenvalue weighted by molar-refractivity contribution is -0.137. The lowest BCUT2D eigenvalue weighted by Gasteiger charge is -2.45. The van der Waals surface area contributed by atoms with Crippen molar-refractivity contribution >= 4 is 33.3 Å². The fourth-order valence-electron chi connectivity index (χ4n) is 5.01. The zero-order valence-corrected chi connectivity index (χ0v) is 20.0. The maximum Gasteiger partial charge on any atom is 0.303 e. The third-order valence-electron chi connectivity index (χ3n) is 6.61. The van der Waals surface area contributed by atoms with Crippen LogP contribution in [-0.4, -0.2) is 23.0 Å². The Balaban J connectivity index is 1.74. The highest BCUT2D eigenvalue weighted by molar-refractivity contribution is 7.17. The number of carboxylic acid groups (broad SMARTS) is 1. The Labute approximate surface area is 193 Å². The van der Waals surface area contributed by atoms with Gasteiger partial charge < -0.3 is 10.4 Å². The van der Waals surface area contributed by atoms with Crippen LogP contribution in [0.4, 0.5) is 4.39 Å². The van der Waals surface area contributed by atoms with Gasteiger partial charge in [0.05, 0.1) is 5.56 Å². The summed E-state index contributed by atoms with van der Waals surface area (Å²) in [7, 11) is 0. The summed E-state index contributed by atoms with van der Waals surface area (Å²) in [5.41, 5.74) is 0.675. The molecule has 1 unspecified atom stereocenters. The number of thiophene rings is 1. The molecule has 1 amide bonds. The number of carbonyl (C=O) groups excluding carboxylic acids is 1. The highest BCUT2D eigenvalue weighted by Crippen LogP contribution is 2.43. The highest BCUT2D eigenvalue weighted by atomic mass is 32.1. The number of carbonyl (C=O) groups is 2. The van der Waals surface area contributed by atoms with E-state index in [1.165, 1.54) is 23.5 Å². The number of aliphatic carboxylic acids is 1. The number of hydrogen-bond acceptors (Lipinski definition) is 3. The Hall–Kier alpha value is -2.21. The van der Waals surface area contributed by atoms with Gasteiger partial charge >= 0.3 is 5.97 Å². The summed E-state index contributed by atoms with van der Waals surface area (Å²) < 4.78 is 14.7. The zero-order chi connectivity index (χ0) is 23.3. The molecule has 1 aromatic carbocycles. The Morgan fingerprint density at radius 3 is 2.75 bits per heavy atom. The van der Waals surface area contributed by atoms with E-state index in [9.17, 15) is 14.0 Å². The van der Waals surface area contributed by atoms with Gasteiger partial charge in [0.2, 0.25) is 0 Å². The van der Waals surface area contributed by atoms with Gasteiger partial charge in [-0.25, -0.2) is 4.39 Å². The van der Waals surface area contributed by atoms with Crippen molar-refractivity contribution in [3.63, 3.8) is 0 Å². The molecule has 0 aliphatic heterocycles. The van der Waals surface area contributed by atoms with E-state index in [2.05, 4.69) is 38.2 Å². The van der Waals surface area contributed by atoms with E-state index < -0.39 is 5.97 Å². The van der Waals surface area contributed by atoms with Crippen LogP contribution >= 0.6 is 11.3 Å². The van der Waals surface area contributed by atoms with Gasteiger partial charge in [-0.3, -0.25) is 9.59 Å². The first-order valence-electron chi connectivity index (χ1n) is 11.5. The van der Waals surface area contributed by atoms with Gasteiger partial charge in [0, 0.05) is 27.9 Å². The van der Waals surface area contributed by atoms with Crippen molar-refractivity contribution in [2.24, 2.45) is 17.3 Å². The molecule has 3 rings (SSSR count). The van der Waals surface area contributed by atoms with Crippen LogP contribution in [0.25, 0.3) is 10.1 Å². The molecule has 1 fully saturated rings. The number of allylic oxidation sites excluding steroid dienone is 2. The second kappa shape index (κ2) is 10.6. The smallest absolute Gasteiger partial charge is 0.303 e. The van der Waals surface area contributed by atoms with Gasteiger partial charge in [0.15, 0.2) is 0 Å². The molecule has 4 nitrogen and oxygen atoms in total. The first kappa shape index (κ1) is 24.4. The molecule has 6 heteroatoms. The number of hydrogen-bond donors (Lipinski definition) is 2. The number of nitrogens with one attached hydrogen (secondary N) is 1. The minimum Gasteiger partial charge on any atom is -0.481 e. The zero-order valence-electron chi connectivity index (χ0n) is 19.2. The first-order valence-corrected chi connectivity index (χ1v) is 12.4. The normalized spacial score (nSPS) is 21.8. The Morgan fingerprint density at radius 2 is 2.03 bits per heavy atom. The summed E-state index contributed by atoms with van der Waals surface area (Å²) in [5.74, 6) is -0.438. The summed E-state index contributed by atoms with van der Waals surface area (Å²) >= 11 is 1.46. The maximum atomic E-state index is 13.8. The molecular formula is C26H34FNO3S. The van der Waals surface area contributed by atoms with E-state index in [0.29, 0.717) is 29.2 Å². The Kier molecular flexibility index (Phi) is 8.10. The fraction of sp³-hybridized carbons (Fsp3) is 0.538. The van der Waals surface area contributed by atoms with Crippen molar-refractivity contribution in [3.8, 4) is 0 Å². The molecule has 0 spiro atoms. The summed E-state index contributed by atoms with van der Waals surface area (Å²) in [4.78, 5) is 23.9. The maximum absolute atomic E-state index is 13.8. The van der Waals surface area contributed by atoms with Gasteiger partial charge in [-0.15, -0.1) is 11.3 Å². The minimum atomic E-state index is -0.762. The largest absolute Gasteiger partial charge is 0.481 e. The number of halogens is 1. The summed E-state index contributed by atoms with van der Waals surface area (Å²) in [6.45, 7) is 6.79. The molecule has 3 atom stereocenters. The van der Waals surface area contributed by atoms with Crippen molar-refractivity contribution < 1.29 is 19.1 Å². The van der Waals surface area contributed by atoms with Crippen LogP contribution in [0, 0.1) is 23.1 Å². The van der Waals surface area contributed by atoms with E-state index in [4.69, 9.17) is 5.11 Å². The molecule has 2 N–H and O–H groups in total. The molecule has 32 heavy (non-hydrogen) atoms. The molecule has 0 radical (unpaired) electrons.